The Balaban J connectivity index is 2.86. The fourth-order valence-electron chi connectivity index (χ4n) is 1.47. The number of ether oxygens (including phenoxy) is 1. The molecule has 19 heavy (non-hydrogen) atoms. The molecule has 1 rings (SSSR count). The van der Waals surface area contributed by atoms with Gasteiger partial charge in [-0.25, -0.2) is 4.79 Å². The van der Waals surface area contributed by atoms with Gasteiger partial charge in [-0.1, -0.05) is 0 Å². The lowest BCUT2D eigenvalue weighted by Crippen LogP contribution is -2.38. The summed E-state index contributed by atoms with van der Waals surface area (Å²) in [6.45, 7) is 2.18. The molecule has 104 valence electrons. The van der Waals surface area contributed by atoms with Crippen LogP contribution >= 0.6 is 0 Å². The molecule has 0 saturated carbocycles. The van der Waals surface area contributed by atoms with Crippen LogP contribution in [0.25, 0.3) is 0 Å². The van der Waals surface area contributed by atoms with Gasteiger partial charge in [0.25, 0.3) is 11.5 Å². The molecule has 0 unspecified atom stereocenters. The van der Waals surface area contributed by atoms with Crippen molar-refractivity contribution >= 4 is 11.9 Å². The molecule has 2 N–H and O–H groups in total. The molecule has 0 aliphatic rings. The average molecular weight is 269 g/mol. The van der Waals surface area contributed by atoms with Gasteiger partial charge in [-0.05, 0) is 6.92 Å². The van der Waals surface area contributed by atoms with E-state index in [0.29, 0.717) is 6.54 Å². The third-order valence-electron chi connectivity index (χ3n) is 2.53. The smallest absolute Gasteiger partial charge is 0.325 e. The Morgan fingerprint density at radius 2 is 2.05 bits per heavy atom. The first kappa shape index (κ1) is 14.7. The van der Waals surface area contributed by atoms with E-state index in [2.05, 4.69) is 9.72 Å². The highest BCUT2D eigenvalue weighted by Crippen LogP contribution is 2.00. The Hall–Kier alpha value is -2.38. The van der Waals surface area contributed by atoms with Gasteiger partial charge in [0.05, 0.1) is 13.5 Å². The molecule has 0 spiro atoms. The summed E-state index contributed by atoms with van der Waals surface area (Å²) >= 11 is 0. The van der Waals surface area contributed by atoms with Gasteiger partial charge in [0.15, 0.2) is 0 Å². The molecule has 0 aliphatic heterocycles. The van der Waals surface area contributed by atoms with Crippen molar-refractivity contribution in [3.05, 3.63) is 32.6 Å². The van der Waals surface area contributed by atoms with E-state index < -0.39 is 23.1 Å². The Kier molecular flexibility index (Phi) is 5.04. The molecular formula is C11H15N3O5. The van der Waals surface area contributed by atoms with Crippen LogP contribution < -0.4 is 11.2 Å². The zero-order valence-electron chi connectivity index (χ0n) is 10.7. The van der Waals surface area contributed by atoms with Crippen molar-refractivity contribution in [3.63, 3.8) is 0 Å². The van der Waals surface area contributed by atoms with E-state index in [9.17, 15) is 19.2 Å². The monoisotopic (exact) mass is 269 g/mol. The van der Waals surface area contributed by atoms with Crippen molar-refractivity contribution in [1.29, 1.82) is 0 Å². The van der Waals surface area contributed by atoms with Crippen molar-refractivity contribution in [1.82, 2.24) is 14.9 Å². The summed E-state index contributed by atoms with van der Waals surface area (Å²) in [5.74, 6) is -0.995. The first-order valence-corrected chi connectivity index (χ1v) is 5.67. The fourth-order valence-corrected chi connectivity index (χ4v) is 1.47. The normalized spacial score (nSPS) is 10.0. The minimum atomic E-state index is -0.759. The van der Waals surface area contributed by atoms with Crippen LogP contribution in [-0.4, -0.2) is 46.9 Å². The van der Waals surface area contributed by atoms with Gasteiger partial charge in [0.2, 0.25) is 0 Å². The van der Waals surface area contributed by atoms with E-state index in [1.54, 1.807) is 6.92 Å². The molecule has 0 aromatic carbocycles. The second kappa shape index (κ2) is 6.53. The Morgan fingerprint density at radius 1 is 1.37 bits per heavy atom. The third kappa shape index (κ3) is 3.80. The van der Waals surface area contributed by atoms with Crippen LogP contribution in [0.15, 0.2) is 15.8 Å². The fraction of sp³-hybridized carbons (Fsp3) is 0.455. The van der Waals surface area contributed by atoms with Gasteiger partial charge in [0.1, 0.15) is 5.56 Å². The summed E-state index contributed by atoms with van der Waals surface area (Å²) in [5, 5.41) is 0. The number of carbonyl (C=O) groups is 2. The van der Waals surface area contributed by atoms with E-state index in [1.165, 1.54) is 12.0 Å². The predicted molar refractivity (Wildman–Crippen MR) is 65.9 cm³/mol. The predicted octanol–water partition coefficient (Wildman–Crippen LogP) is -0.912. The van der Waals surface area contributed by atoms with Gasteiger partial charge in [-0.3, -0.25) is 19.4 Å². The maximum atomic E-state index is 12.0. The molecular weight excluding hydrogens is 254 g/mol. The SMILES string of the molecule is CCN(CCC(=O)OC)C(=O)c1c[nH]c(=O)[nH]c1=O. The highest BCUT2D eigenvalue weighted by Gasteiger charge is 2.18. The Bertz CT molecular complexity index is 574. The van der Waals surface area contributed by atoms with Gasteiger partial charge >= 0.3 is 11.7 Å². The number of nitrogens with one attached hydrogen (secondary N) is 2. The minimum Gasteiger partial charge on any atom is -0.469 e. The maximum Gasteiger partial charge on any atom is 0.325 e. The molecule has 0 fully saturated rings. The average Bonchev–Trinajstić information content (AvgIpc) is 2.38. The summed E-state index contributed by atoms with van der Waals surface area (Å²) in [4.78, 5) is 50.9. The second-order valence-corrected chi connectivity index (χ2v) is 3.70. The number of aromatic amines is 2. The Morgan fingerprint density at radius 3 is 2.58 bits per heavy atom. The first-order chi connectivity index (χ1) is 8.99. The largest absolute Gasteiger partial charge is 0.469 e. The van der Waals surface area contributed by atoms with E-state index in [-0.39, 0.29) is 18.5 Å². The van der Waals surface area contributed by atoms with E-state index in [1.807, 2.05) is 4.98 Å². The van der Waals surface area contributed by atoms with Gasteiger partial charge in [-0.15, -0.1) is 0 Å². The van der Waals surface area contributed by atoms with Gasteiger partial charge in [0, 0.05) is 19.3 Å². The summed E-state index contributed by atoms with van der Waals surface area (Å²) in [6.07, 6.45) is 1.10. The van der Waals surface area contributed by atoms with Crippen molar-refractivity contribution in [2.24, 2.45) is 0 Å². The van der Waals surface area contributed by atoms with Crippen molar-refractivity contribution in [2.45, 2.75) is 13.3 Å². The first-order valence-electron chi connectivity index (χ1n) is 5.67. The van der Waals surface area contributed by atoms with Crippen LogP contribution in [0.5, 0.6) is 0 Å². The zero-order chi connectivity index (χ0) is 14.4. The number of esters is 1. The number of amides is 1. The van der Waals surface area contributed by atoms with E-state index in [4.69, 9.17) is 0 Å². The number of H-pyrrole nitrogens is 2. The highest BCUT2D eigenvalue weighted by molar-refractivity contribution is 5.93. The van der Waals surface area contributed by atoms with E-state index in [0.717, 1.165) is 6.20 Å². The molecule has 0 radical (unpaired) electrons. The van der Waals surface area contributed by atoms with Crippen LogP contribution in [0.2, 0.25) is 0 Å². The van der Waals surface area contributed by atoms with Crippen LogP contribution in [0, 0.1) is 0 Å². The molecule has 0 bridgehead atoms. The quantitative estimate of drug-likeness (QED) is 0.672. The lowest BCUT2D eigenvalue weighted by molar-refractivity contribution is -0.140. The van der Waals surface area contributed by atoms with Gasteiger partial charge in [-0.2, -0.15) is 0 Å². The van der Waals surface area contributed by atoms with Crippen molar-refractivity contribution in [3.8, 4) is 0 Å². The molecule has 0 aliphatic carbocycles. The topological polar surface area (TPSA) is 112 Å². The molecule has 1 amide bonds. The number of nitrogens with zero attached hydrogens (tertiary/aromatic N) is 1. The van der Waals surface area contributed by atoms with Crippen LogP contribution in [0.3, 0.4) is 0 Å². The molecule has 0 atom stereocenters. The number of hydrogen-bond donors (Lipinski definition) is 2. The number of rotatable bonds is 5. The molecule has 1 aromatic rings. The van der Waals surface area contributed by atoms with Crippen LogP contribution in [-0.2, 0) is 9.53 Å². The number of aromatic nitrogens is 2. The van der Waals surface area contributed by atoms with Crippen LogP contribution in [0.4, 0.5) is 0 Å². The lowest BCUT2D eigenvalue weighted by Gasteiger charge is -2.19. The van der Waals surface area contributed by atoms with Crippen molar-refractivity contribution < 1.29 is 14.3 Å². The maximum absolute atomic E-state index is 12.0. The standard InChI is InChI=1S/C11H15N3O5/c1-3-14(5-4-8(15)19-2)10(17)7-6-12-11(18)13-9(7)16/h6H,3-5H2,1-2H3,(H2,12,13,16,18). The summed E-state index contributed by atoms with van der Waals surface area (Å²) in [6, 6.07) is 0. The molecule has 8 nitrogen and oxygen atoms in total. The summed E-state index contributed by atoms with van der Waals surface area (Å²) < 4.78 is 4.48. The Labute approximate surface area is 108 Å². The highest BCUT2D eigenvalue weighted by atomic mass is 16.5. The number of methoxy groups -OCH3 is 1. The zero-order valence-corrected chi connectivity index (χ0v) is 10.7. The van der Waals surface area contributed by atoms with E-state index >= 15 is 0 Å². The van der Waals surface area contributed by atoms with Crippen molar-refractivity contribution in [2.75, 3.05) is 20.2 Å². The molecule has 1 heterocycles. The molecule has 0 saturated heterocycles. The number of hydrogen-bond acceptors (Lipinski definition) is 5. The van der Waals surface area contributed by atoms with Gasteiger partial charge < -0.3 is 14.6 Å². The summed E-state index contributed by atoms with van der Waals surface area (Å²) in [7, 11) is 1.26. The second-order valence-electron chi connectivity index (χ2n) is 3.70. The number of carbonyl (C=O) groups excluding carboxylic acids is 2. The lowest BCUT2D eigenvalue weighted by atomic mass is 10.2. The summed E-state index contributed by atoms with van der Waals surface area (Å²) in [5.41, 5.74) is -1.62. The molecule has 8 heteroatoms. The third-order valence-corrected chi connectivity index (χ3v) is 2.53. The van der Waals surface area contributed by atoms with Crippen LogP contribution in [0.1, 0.15) is 23.7 Å². The molecule has 1 aromatic heterocycles. The minimum absolute atomic E-state index is 0.0390.